The van der Waals surface area contributed by atoms with Crippen molar-refractivity contribution in [2.24, 2.45) is 22.8 Å². The third kappa shape index (κ3) is 8.36. The van der Waals surface area contributed by atoms with Gasteiger partial charge in [-0.1, -0.05) is 42.3 Å². The molecule has 1 saturated carbocycles. The smallest absolute Gasteiger partial charge is 0.331 e. The Hall–Kier alpha value is -4.29. The van der Waals surface area contributed by atoms with Gasteiger partial charge in [-0.15, -0.1) is 0 Å². The molecular formula is C35H47N3O9. The summed E-state index contributed by atoms with van der Waals surface area (Å²) in [5, 5.41) is 20.4. The van der Waals surface area contributed by atoms with E-state index < -0.39 is 46.5 Å². The largest absolute Gasteiger partial charge is 0.480 e. The van der Waals surface area contributed by atoms with E-state index in [4.69, 9.17) is 31.2 Å². The fourth-order valence-electron chi connectivity index (χ4n) is 6.82. The maximum atomic E-state index is 13.7. The first-order chi connectivity index (χ1) is 22.1. The van der Waals surface area contributed by atoms with Crippen LogP contribution < -0.4 is 16.8 Å². The molecule has 12 nitrogen and oxygen atoms in total. The standard InChI is InChI=1S/C29H33NO7.C6H14N2O2/c1-18-7-9-22(10-8-18)30-24(32)21-11-15-28-16-13-23(29(28,17-12-21)36-20(3)31)27(4,37-26(28)35)14-5-6-19(2)25(33)34;7-4-2-1-3-5(8)6(9)10/h5-11,14,23H,12-13,15-17H2,1-4H3,(H,30,32)(H,33,34);5H,1-4,7-8H2,(H,9,10)/b14-5+,19-6+;/t23-,27+,28+,29-;/m0./s1. The lowest BCUT2D eigenvalue weighted by atomic mass is 9.62. The Morgan fingerprint density at radius 1 is 1.13 bits per heavy atom. The number of amides is 1. The van der Waals surface area contributed by atoms with E-state index in [2.05, 4.69) is 5.32 Å². The molecule has 1 aliphatic heterocycles. The van der Waals surface area contributed by atoms with Gasteiger partial charge >= 0.3 is 23.9 Å². The van der Waals surface area contributed by atoms with Crippen LogP contribution in [0.3, 0.4) is 0 Å². The van der Waals surface area contributed by atoms with E-state index in [-0.39, 0.29) is 23.8 Å². The highest BCUT2D eigenvalue weighted by Gasteiger charge is 2.74. The number of hydrogen-bond donors (Lipinski definition) is 5. The summed E-state index contributed by atoms with van der Waals surface area (Å²) in [7, 11) is 0. The summed E-state index contributed by atoms with van der Waals surface area (Å²) in [4.78, 5) is 60.5. The van der Waals surface area contributed by atoms with Crippen LogP contribution in [-0.4, -0.2) is 63.8 Å². The van der Waals surface area contributed by atoms with Crippen molar-refractivity contribution in [1.29, 1.82) is 0 Å². The molecule has 7 N–H and O–H groups in total. The molecule has 1 aromatic carbocycles. The number of esters is 2. The van der Waals surface area contributed by atoms with Gasteiger partial charge in [0.2, 0.25) is 0 Å². The molecule has 5 atom stereocenters. The molecule has 1 amide bonds. The molecule has 4 rings (SSSR count). The molecule has 1 unspecified atom stereocenters. The monoisotopic (exact) mass is 653 g/mol. The molecule has 2 aliphatic carbocycles. The molecule has 1 aromatic rings. The summed E-state index contributed by atoms with van der Waals surface area (Å²) in [6.45, 7) is 7.14. The molecule has 2 fully saturated rings. The van der Waals surface area contributed by atoms with Gasteiger partial charge in [0.1, 0.15) is 22.7 Å². The third-order valence-electron chi connectivity index (χ3n) is 9.41. The lowest BCUT2D eigenvalue weighted by Gasteiger charge is -2.54. The van der Waals surface area contributed by atoms with E-state index in [1.54, 1.807) is 25.2 Å². The summed E-state index contributed by atoms with van der Waals surface area (Å²) in [6, 6.07) is 6.78. The normalized spacial score (nSPS) is 27.3. The van der Waals surface area contributed by atoms with Gasteiger partial charge in [-0.25, -0.2) is 4.79 Å². The van der Waals surface area contributed by atoms with Crippen LogP contribution in [0, 0.1) is 18.3 Å². The summed E-state index contributed by atoms with van der Waals surface area (Å²) in [5.74, 6) is -3.55. The summed E-state index contributed by atoms with van der Waals surface area (Å²) in [5.41, 5.74) is 9.50. The fourth-order valence-corrected chi connectivity index (χ4v) is 6.82. The second-order valence-electron chi connectivity index (χ2n) is 12.7. The van der Waals surface area contributed by atoms with E-state index in [1.165, 1.54) is 19.9 Å². The number of rotatable bonds is 11. The second kappa shape index (κ2) is 15.5. The predicted molar refractivity (Wildman–Crippen MR) is 175 cm³/mol. The first kappa shape index (κ1) is 37.2. The van der Waals surface area contributed by atoms with Gasteiger partial charge in [-0.2, -0.15) is 0 Å². The number of carbonyl (C=O) groups excluding carboxylic acids is 3. The lowest BCUT2D eigenvalue weighted by Crippen LogP contribution is -2.65. The van der Waals surface area contributed by atoms with E-state index in [1.807, 2.05) is 31.2 Å². The van der Waals surface area contributed by atoms with Crippen molar-refractivity contribution in [2.45, 2.75) is 96.3 Å². The molecule has 2 bridgehead atoms. The number of aliphatic carboxylic acids is 2. The Kier molecular flexibility index (Phi) is 12.3. The van der Waals surface area contributed by atoms with Gasteiger partial charge < -0.3 is 36.5 Å². The number of benzene rings is 1. The number of cyclic esters (lactones) is 1. The zero-order valence-electron chi connectivity index (χ0n) is 27.5. The number of carboxylic acid groups (broad SMARTS) is 2. The van der Waals surface area contributed by atoms with Crippen LogP contribution >= 0.6 is 0 Å². The Balaban J connectivity index is 0.000000520. The molecule has 12 heteroatoms. The molecule has 1 heterocycles. The average Bonchev–Trinajstić information content (AvgIpc) is 3.14. The van der Waals surface area contributed by atoms with E-state index in [0.717, 1.165) is 18.4 Å². The number of nitrogens with one attached hydrogen (secondary N) is 1. The van der Waals surface area contributed by atoms with Crippen molar-refractivity contribution in [3.8, 4) is 0 Å². The van der Waals surface area contributed by atoms with Gasteiger partial charge in [0.25, 0.3) is 5.91 Å². The Morgan fingerprint density at radius 2 is 1.81 bits per heavy atom. The van der Waals surface area contributed by atoms with Crippen molar-refractivity contribution in [1.82, 2.24) is 0 Å². The minimum Gasteiger partial charge on any atom is -0.480 e. The van der Waals surface area contributed by atoms with E-state index in [9.17, 15) is 24.0 Å². The van der Waals surface area contributed by atoms with Crippen LogP contribution in [0.5, 0.6) is 0 Å². The van der Waals surface area contributed by atoms with Gasteiger partial charge in [0.15, 0.2) is 0 Å². The first-order valence-corrected chi connectivity index (χ1v) is 15.9. The molecule has 3 aliphatic rings. The van der Waals surface area contributed by atoms with Crippen LogP contribution in [0.1, 0.15) is 77.7 Å². The van der Waals surface area contributed by atoms with Crippen molar-refractivity contribution in [3.05, 3.63) is 65.3 Å². The van der Waals surface area contributed by atoms with Crippen LogP contribution in [0.4, 0.5) is 5.69 Å². The van der Waals surface area contributed by atoms with Gasteiger partial charge in [0.05, 0.1) is 0 Å². The quantitative estimate of drug-likeness (QED) is 0.0991. The molecule has 0 spiro atoms. The van der Waals surface area contributed by atoms with Crippen molar-refractivity contribution in [3.63, 3.8) is 0 Å². The molecule has 256 valence electrons. The minimum atomic E-state index is -1.15. The summed E-state index contributed by atoms with van der Waals surface area (Å²) < 4.78 is 12.1. The first-order valence-electron chi connectivity index (χ1n) is 15.9. The molecule has 47 heavy (non-hydrogen) atoms. The van der Waals surface area contributed by atoms with E-state index >= 15 is 0 Å². The van der Waals surface area contributed by atoms with Crippen LogP contribution in [-0.2, 0) is 33.4 Å². The average molecular weight is 654 g/mol. The Bertz CT molecular complexity index is 1450. The molecule has 0 aromatic heterocycles. The molecular weight excluding hydrogens is 606 g/mol. The van der Waals surface area contributed by atoms with Crippen molar-refractivity contribution < 1.29 is 43.7 Å². The number of hydrogen-bond acceptors (Lipinski definition) is 9. The third-order valence-corrected chi connectivity index (χ3v) is 9.41. The molecule has 1 saturated heterocycles. The van der Waals surface area contributed by atoms with Gasteiger partial charge in [-0.05, 0) is 90.5 Å². The van der Waals surface area contributed by atoms with Crippen LogP contribution in [0.15, 0.2) is 59.7 Å². The molecule has 0 radical (unpaired) electrons. The maximum absolute atomic E-state index is 13.7. The fraction of sp³-hybridized carbons (Fsp3) is 0.514. The van der Waals surface area contributed by atoms with Crippen molar-refractivity contribution in [2.75, 3.05) is 11.9 Å². The Morgan fingerprint density at radius 3 is 2.40 bits per heavy atom. The number of anilines is 1. The number of allylic oxidation sites excluding steroid dienone is 3. The van der Waals surface area contributed by atoms with Crippen LogP contribution in [0.2, 0.25) is 0 Å². The van der Waals surface area contributed by atoms with Crippen LogP contribution in [0.25, 0.3) is 0 Å². The zero-order chi connectivity index (χ0) is 35.0. The maximum Gasteiger partial charge on any atom is 0.331 e. The van der Waals surface area contributed by atoms with Gasteiger partial charge in [0, 0.05) is 29.7 Å². The van der Waals surface area contributed by atoms with E-state index in [0.29, 0.717) is 49.9 Å². The predicted octanol–water partition coefficient (Wildman–Crippen LogP) is 4.17. The number of unbranched alkanes of at least 4 members (excludes halogenated alkanes) is 1. The Labute approximate surface area is 275 Å². The second-order valence-corrected chi connectivity index (χ2v) is 12.7. The topological polar surface area (TPSA) is 208 Å². The zero-order valence-corrected chi connectivity index (χ0v) is 27.5. The highest BCUT2D eigenvalue weighted by molar-refractivity contribution is 6.04. The highest BCUT2D eigenvalue weighted by Crippen LogP contribution is 2.65. The number of aryl methyl sites for hydroxylation is 1. The minimum absolute atomic E-state index is 0.139. The number of ether oxygens (including phenoxy) is 2. The number of carbonyl (C=O) groups is 5. The summed E-state index contributed by atoms with van der Waals surface area (Å²) >= 11 is 0. The van der Waals surface area contributed by atoms with Crippen molar-refractivity contribution >= 4 is 35.5 Å². The lowest BCUT2D eigenvalue weighted by molar-refractivity contribution is -0.235. The summed E-state index contributed by atoms with van der Waals surface area (Å²) in [6.07, 6.45) is 10.5. The van der Waals surface area contributed by atoms with Gasteiger partial charge in [-0.3, -0.25) is 19.2 Å². The number of carboxylic acids is 2. The number of nitrogens with two attached hydrogens (primary N) is 2. The highest BCUT2D eigenvalue weighted by atomic mass is 16.6. The SMILES string of the molecule is CC(=O)O[C@]12CCC(C(=O)Nc3ccc(C)cc3)=CC[C@]13CC[C@H]2[C@@](C)(/C=C/C=C(\C)C(=O)O)OC3=O.NCCCCC(N)C(=O)O.